The number of esters is 1. The minimum atomic E-state index is -1.18. The van der Waals surface area contributed by atoms with Gasteiger partial charge in [0.2, 0.25) is 0 Å². The molecule has 1 aliphatic heterocycles. The van der Waals surface area contributed by atoms with Crippen molar-refractivity contribution < 1.29 is 33.6 Å². The quantitative estimate of drug-likeness (QED) is 0.0724. The van der Waals surface area contributed by atoms with Crippen LogP contribution in [0.15, 0.2) is 79.9 Å². The van der Waals surface area contributed by atoms with E-state index in [0.29, 0.717) is 52.3 Å². The fraction of sp³-hybridized carbons (Fsp3) is 0.258. The van der Waals surface area contributed by atoms with E-state index in [1.807, 2.05) is 31.2 Å². The maximum absolute atomic E-state index is 12.5. The monoisotopic (exact) mass is 764 g/mol. The van der Waals surface area contributed by atoms with Crippen LogP contribution < -0.4 is 30.3 Å². The normalized spacial score (nSPS) is 15.3. The number of hydrogen-bond acceptors (Lipinski definition) is 9. The molecule has 14 heteroatoms. The minimum absolute atomic E-state index is 0.171. The number of rotatable bonds is 13. The maximum atomic E-state index is 12.5. The molecule has 2 amide bonds. The number of halogens is 3. The number of hydrogen-bond donors (Lipinski definition) is 4. The molecule has 0 radical (unpaired) electrons. The number of methoxy groups -OCH3 is 1. The molecule has 45 heavy (non-hydrogen) atoms. The molecule has 0 fully saturated rings. The molecule has 2 atom stereocenters. The van der Waals surface area contributed by atoms with Crippen LogP contribution in [0.25, 0.3) is 0 Å². The predicted molar refractivity (Wildman–Crippen MR) is 177 cm³/mol. The van der Waals surface area contributed by atoms with Crippen molar-refractivity contribution in [2.45, 2.75) is 32.7 Å². The first-order chi connectivity index (χ1) is 21.6. The van der Waals surface area contributed by atoms with E-state index in [4.69, 9.17) is 30.5 Å². The third-order valence-electron chi connectivity index (χ3n) is 6.43. The zero-order chi connectivity index (χ0) is 32.5. The average molecular weight is 767 g/mol. The van der Waals surface area contributed by atoms with E-state index in [0.717, 1.165) is 14.5 Å². The zero-order valence-electron chi connectivity index (χ0n) is 24.5. The molecule has 4 N–H and O–H groups in total. The summed E-state index contributed by atoms with van der Waals surface area (Å²) in [5, 5.41) is 20.7. The number of urea groups is 1. The summed E-state index contributed by atoms with van der Waals surface area (Å²) in [6, 6.07) is 14.8. The van der Waals surface area contributed by atoms with Gasteiger partial charge in [0.15, 0.2) is 17.7 Å². The second-order valence-electron chi connectivity index (χ2n) is 9.64. The average Bonchev–Trinajstić information content (AvgIpc) is 3.00. The van der Waals surface area contributed by atoms with Crippen LogP contribution in [-0.2, 0) is 16.1 Å². The Bertz CT molecular complexity index is 1600. The lowest BCUT2D eigenvalue weighted by Crippen LogP contribution is -2.45. The molecular weight excluding hydrogens is 736 g/mol. The zero-order valence-corrected chi connectivity index (χ0v) is 28.5. The van der Waals surface area contributed by atoms with E-state index in [1.54, 1.807) is 37.3 Å². The van der Waals surface area contributed by atoms with Gasteiger partial charge in [0.1, 0.15) is 19.0 Å². The number of aliphatic hydroxyl groups is 1. The van der Waals surface area contributed by atoms with Crippen LogP contribution >= 0.6 is 43.5 Å². The van der Waals surface area contributed by atoms with Gasteiger partial charge in [-0.1, -0.05) is 45.7 Å². The van der Waals surface area contributed by atoms with E-state index < -0.39 is 24.3 Å². The molecule has 0 aromatic heterocycles. The maximum Gasteiger partial charge on any atom is 0.337 e. The second-order valence-corrected chi connectivity index (χ2v) is 11.8. The molecule has 0 aliphatic carbocycles. The molecule has 11 nitrogen and oxygen atoms in total. The summed E-state index contributed by atoms with van der Waals surface area (Å²) >= 11 is 13.0. The van der Waals surface area contributed by atoms with Gasteiger partial charge in [-0.2, -0.15) is 5.10 Å². The van der Waals surface area contributed by atoms with Gasteiger partial charge in [-0.15, -0.1) is 0 Å². The second kappa shape index (κ2) is 16.0. The molecule has 0 spiro atoms. The Labute approximate surface area is 282 Å². The molecule has 1 heterocycles. The minimum Gasteiger partial charge on any atom is -0.490 e. The third-order valence-corrected chi connectivity index (χ3v) is 7.73. The lowest BCUT2D eigenvalue weighted by molar-refractivity contribution is -0.136. The lowest BCUT2D eigenvalue weighted by atomic mass is 9.95. The van der Waals surface area contributed by atoms with E-state index in [2.05, 4.69) is 53.0 Å². The fourth-order valence-electron chi connectivity index (χ4n) is 4.38. The van der Waals surface area contributed by atoms with Crippen molar-refractivity contribution in [3.63, 3.8) is 0 Å². The number of benzene rings is 3. The van der Waals surface area contributed by atoms with Crippen molar-refractivity contribution in [1.29, 1.82) is 0 Å². The Hall–Kier alpha value is -3.78. The smallest absolute Gasteiger partial charge is 0.337 e. The summed E-state index contributed by atoms with van der Waals surface area (Å²) in [7, 11) is 1.27. The number of aliphatic hydroxyl groups excluding tert-OH is 1. The molecular formula is C31H31Br2ClN4O7. The summed E-state index contributed by atoms with van der Waals surface area (Å²) in [5.41, 5.74) is 5.47. The van der Waals surface area contributed by atoms with Crippen LogP contribution in [-0.4, -0.2) is 49.9 Å². The number of hydrazone groups is 1. The van der Waals surface area contributed by atoms with Crippen molar-refractivity contribution >= 4 is 61.7 Å². The van der Waals surface area contributed by atoms with Crippen LogP contribution in [0, 0.1) is 0 Å². The highest BCUT2D eigenvalue weighted by atomic mass is 79.9. The molecule has 0 unspecified atom stereocenters. The fourth-order valence-corrected chi connectivity index (χ4v) is 5.88. The van der Waals surface area contributed by atoms with Gasteiger partial charge < -0.3 is 34.7 Å². The van der Waals surface area contributed by atoms with Crippen LogP contribution in [0.1, 0.15) is 36.6 Å². The summed E-state index contributed by atoms with van der Waals surface area (Å²) in [5.74, 6) is 0.700. The molecule has 1 aliphatic rings. The van der Waals surface area contributed by atoms with Crippen molar-refractivity contribution in [2.24, 2.45) is 5.10 Å². The molecule has 0 saturated carbocycles. The van der Waals surface area contributed by atoms with E-state index in [1.165, 1.54) is 13.3 Å². The highest BCUT2D eigenvalue weighted by molar-refractivity contribution is 9.11. The van der Waals surface area contributed by atoms with E-state index in [9.17, 15) is 14.7 Å². The highest BCUT2D eigenvalue weighted by Crippen LogP contribution is 2.35. The van der Waals surface area contributed by atoms with Gasteiger partial charge in [0.25, 0.3) is 0 Å². The summed E-state index contributed by atoms with van der Waals surface area (Å²) in [4.78, 5) is 24.6. The van der Waals surface area contributed by atoms with Crippen molar-refractivity contribution in [1.82, 2.24) is 16.1 Å². The van der Waals surface area contributed by atoms with Crippen molar-refractivity contribution in [3.05, 3.63) is 96.5 Å². The lowest BCUT2D eigenvalue weighted by Gasteiger charge is -2.28. The molecule has 3 aromatic carbocycles. The Morgan fingerprint density at radius 1 is 1.11 bits per heavy atom. The number of carbonyl (C=O) groups is 2. The number of ether oxygens (including phenoxy) is 4. The number of carbonyl (C=O) groups excluding carboxylic acids is 2. The van der Waals surface area contributed by atoms with Gasteiger partial charge in [-0.05, 0) is 77.3 Å². The number of allylic oxidation sites excluding steroid dienone is 1. The van der Waals surface area contributed by atoms with Gasteiger partial charge in [-0.3, -0.25) is 5.43 Å². The highest BCUT2D eigenvalue weighted by Gasteiger charge is 2.32. The van der Waals surface area contributed by atoms with Gasteiger partial charge in [0.05, 0.1) is 36.0 Å². The van der Waals surface area contributed by atoms with Gasteiger partial charge >= 0.3 is 12.0 Å². The molecule has 0 bridgehead atoms. The Balaban J connectivity index is 1.42. The topological polar surface area (TPSA) is 140 Å². The van der Waals surface area contributed by atoms with E-state index >= 15 is 0 Å². The standard InChI is InChI=1S/C31H31Br2ClN4O7/c1-4-43-25-12-19(28-27(30(40)42-3)17(2)36-31(41)37-28)7-10-24(25)44-16-26(39)38-35-14-20-11-21(32)13-23(33)29(20)45-15-18-5-8-22(34)9-6-18/h5-14,26,28,38-39H,4,15-16H2,1-3H3,(H2,36,37,41)/b35-14+/t26-,28-/m0/s1. The SMILES string of the molecule is CCOc1cc([C@@H]2NC(=O)NC(C)=C2C(=O)OC)ccc1OC[C@H](O)N/N=C/c1cc(Br)cc(Br)c1OCc1ccc(Cl)cc1. The number of amides is 2. The summed E-state index contributed by atoms with van der Waals surface area (Å²) < 4.78 is 24.1. The van der Waals surface area contributed by atoms with Crippen LogP contribution in [0.4, 0.5) is 4.79 Å². The van der Waals surface area contributed by atoms with Gasteiger partial charge in [0, 0.05) is 20.8 Å². The van der Waals surface area contributed by atoms with Crippen molar-refractivity contribution in [3.8, 4) is 17.2 Å². The van der Waals surface area contributed by atoms with E-state index in [-0.39, 0.29) is 12.2 Å². The molecule has 0 saturated heterocycles. The molecule has 3 aromatic rings. The third kappa shape index (κ3) is 9.13. The first-order valence-corrected chi connectivity index (χ1v) is 15.6. The largest absolute Gasteiger partial charge is 0.490 e. The first kappa shape index (κ1) is 34.1. The van der Waals surface area contributed by atoms with Crippen LogP contribution in [0.3, 0.4) is 0 Å². The van der Waals surface area contributed by atoms with Gasteiger partial charge in [-0.25, -0.2) is 9.59 Å². The number of nitrogens with zero attached hydrogens (tertiary/aromatic N) is 1. The van der Waals surface area contributed by atoms with Crippen molar-refractivity contribution in [2.75, 3.05) is 20.3 Å². The predicted octanol–water partition coefficient (Wildman–Crippen LogP) is 5.96. The number of nitrogens with one attached hydrogen (secondary N) is 3. The molecule has 238 valence electrons. The van der Waals surface area contributed by atoms with Crippen LogP contribution in [0.5, 0.6) is 17.2 Å². The summed E-state index contributed by atoms with van der Waals surface area (Å²) in [6.07, 6.45) is 0.350. The Morgan fingerprint density at radius 2 is 1.87 bits per heavy atom. The van der Waals surface area contributed by atoms with Crippen LogP contribution in [0.2, 0.25) is 5.02 Å². The first-order valence-electron chi connectivity index (χ1n) is 13.7. The Morgan fingerprint density at radius 3 is 2.58 bits per heavy atom. The molecule has 4 rings (SSSR count). The summed E-state index contributed by atoms with van der Waals surface area (Å²) in [6.45, 7) is 3.90. The Kier molecular flexibility index (Phi) is 12.1.